The minimum absolute atomic E-state index is 0.00729. The van der Waals surface area contributed by atoms with Crippen LogP contribution in [0, 0.1) is 0 Å². The molecule has 0 bridgehead atoms. The number of nitrogens with two attached hydrogens (primary N) is 1. The lowest BCUT2D eigenvalue weighted by Gasteiger charge is -2.15. The molecule has 0 spiro atoms. The fraction of sp³-hybridized carbons (Fsp3) is 0.0769. The van der Waals surface area contributed by atoms with E-state index in [-0.39, 0.29) is 12.5 Å². The number of rotatable bonds is 4. The van der Waals surface area contributed by atoms with Crippen molar-refractivity contribution in [3.63, 3.8) is 0 Å². The molecule has 4 aromatic carbocycles. The number of benzene rings is 4. The summed E-state index contributed by atoms with van der Waals surface area (Å²) in [5.41, 5.74) is 11.1. The first-order chi connectivity index (χ1) is 15.1. The third-order valence-electron chi connectivity index (χ3n) is 5.71. The normalized spacial score (nSPS) is 12.3. The zero-order valence-corrected chi connectivity index (χ0v) is 16.7. The largest absolute Gasteiger partial charge is 0.448 e. The van der Waals surface area contributed by atoms with E-state index in [9.17, 15) is 9.59 Å². The van der Waals surface area contributed by atoms with Gasteiger partial charge in [-0.15, -0.1) is 0 Å². The molecule has 0 saturated heterocycles. The summed E-state index contributed by atoms with van der Waals surface area (Å²) < 4.78 is 5.59. The highest BCUT2D eigenvalue weighted by Gasteiger charge is 2.29. The summed E-state index contributed by atoms with van der Waals surface area (Å²) in [5, 5.41) is 4.54. The van der Waals surface area contributed by atoms with Gasteiger partial charge < -0.3 is 10.5 Å². The molecule has 0 aliphatic heterocycles. The zero-order chi connectivity index (χ0) is 21.4. The predicted octanol–water partition coefficient (Wildman–Crippen LogP) is 5.30. The second kappa shape index (κ2) is 7.61. The maximum absolute atomic E-state index is 12.5. The Morgan fingerprint density at radius 1 is 0.806 bits per heavy atom. The van der Waals surface area contributed by atoms with Crippen molar-refractivity contribution in [1.29, 1.82) is 0 Å². The van der Waals surface area contributed by atoms with Gasteiger partial charge in [-0.25, -0.2) is 4.79 Å². The van der Waals surface area contributed by atoms with Crippen LogP contribution in [-0.4, -0.2) is 18.6 Å². The van der Waals surface area contributed by atoms with Crippen molar-refractivity contribution in [3.8, 4) is 11.1 Å². The van der Waals surface area contributed by atoms with E-state index in [2.05, 4.69) is 29.6 Å². The van der Waals surface area contributed by atoms with Crippen molar-refractivity contribution in [2.24, 2.45) is 5.73 Å². The van der Waals surface area contributed by atoms with E-state index in [0.717, 1.165) is 10.8 Å². The number of fused-ring (bicyclic) bond motifs is 4. The summed E-state index contributed by atoms with van der Waals surface area (Å²) >= 11 is 0. The van der Waals surface area contributed by atoms with Crippen LogP contribution in [-0.2, 0) is 4.74 Å². The molecule has 5 nitrogen and oxygen atoms in total. The van der Waals surface area contributed by atoms with Crippen LogP contribution in [0.4, 0.5) is 10.5 Å². The lowest BCUT2D eigenvalue weighted by Crippen LogP contribution is -2.17. The highest BCUT2D eigenvalue weighted by atomic mass is 16.5. The van der Waals surface area contributed by atoms with Crippen molar-refractivity contribution in [2.75, 3.05) is 11.9 Å². The average molecular weight is 408 g/mol. The number of hydrogen-bond donors (Lipinski definition) is 2. The molecule has 152 valence electrons. The number of carbonyl (C=O) groups is 2. The molecule has 0 saturated carbocycles. The van der Waals surface area contributed by atoms with Gasteiger partial charge in [0.15, 0.2) is 0 Å². The Morgan fingerprint density at radius 3 is 2.13 bits per heavy atom. The summed E-state index contributed by atoms with van der Waals surface area (Å²) in [6, 6.07) is 27.1. The molecule has 0 unspecified atom stereocenters. The van der Waals surface area contributed by atoms with Gasteiger partial charge in [0.05, 0.1) is 0 Å². The lowest BCUT2D eigenvalue weighted by molar-refractivity contribution is 0.100. The van der Waals surface area contributed by atoms with Crippen molar-refractivity contribution < 1.29 is 14.3 Å². The molecule has 5 heteroatoms. The summed E-state index contributed by atoms with van der Waals surface area (Å²) in [5.74, 6) is -0.482. The Kier molecular flexibility index (Phi) is 4.64. The van der Waals surface area contributed by atoms with E-state index in [1.165, 1.54) is 22.3 Å². The average Bonchev–Trinajstić information content (AvgIpc) is 3.11. The second-order valence-corrected chi connectivity index (χ2v) is 7.59. The van der Waals surface area contributed by atoms with E-state index in [1.54, 1.807) is 24.3 Å². The fourth-order valence-corrected chi connectivity index (χ4v) is 4.23. The summed E-state index contributed by atoms with van der Waals surface area (Å²) in [6.45, 7) is 0.249. The number of carbonyl (C=O) groups excluding carboxylic acids is 2. The number of hydrogen-bond acceptors (Lipinski definition) is 3. The predicted molar refractivity (Wildman–Crippen MR) is 121 cm³/mol. The monoisotopic (exact) mass is 408 g/mol. The number of amides is 2. The molecule has 0 radical (unpaired) electrons. The molecule has 1 aliphatic rings. The van der Waals surface area contributed by atoms with Gasteiger partial charge in [-0.2, -0.15) is 0 Å². The number of nitrogens with one attached hydrogen (secondary N) is 1. The molecule has 0 aromatic heterocycles. The van der Waals surface area contributed by atoms with Crippen LogP contribution in [0.3, 0.4) is 0 Å². The molecule has 0 heterocycles. The van der Waals surface area contributed by atoms with Crippen LogP contribution in [0.15, 0.2) is 84.9 Å². The van der Waals surface area contributed by atoms with Gasteiger partial charge in [0.25, 0.3) is 0 Å². The molecule has 5 rings (SSSR count). The first-order valence-corrected chi connectivity index (χ1v) is 10.1. The summed E-state index contributed by atoms with van der Waals surface area (Å²) in [7, 11) is 0. The van der Waals surface area contributed by atoms with Crippen molar-refractivity contribution in [2.45, 2.75) is 5.92 Å². The molecule has 4 aromatic rings. The first-order valence-electron chi connectivity index (χ1n) is 10.1. The van der Waals surface area contributed by atoms with Gasteiger partial charge in [0.2, 0.25) is 5.91 Å². The quantitative estimate of drug-likeness (QED) is 0.481. The molecule has 0 fully saturated rings. The lowest BCUT2D eigenvalue weighted by atomic mass is 9.98. The van der Waals surface area contributed by atoms with Crippen molar-refractivity contribution in [3.05, 3.63) is 102 Å². The van der Waals surface area contributed by atoms with Crippen LogP contribution in [0.25, 0.3) is 21.9 Å². The molecule has 2 amide bonds. The molecule has 0 atom stereocenters. The minimum Gasteiger partial charge on any atom is -0.448 e. The Hall–Kier alpha value is -4.12. The third-order valence-corrected chi connectivity index (χ3v) is 5.71. The maximum Gasteiger partial charge on any atom is 0.411 e. The van der Waals surface area contributed by atoms with Crippen molar-refractivity contribution >= 4 is 28.5 Å². The van der Waals surface area contributed by atoms with Gasteiger partial charge >= 0.3 is 6.09 Å². The van der Waals surface area contributed by atoms with E-state index < -0.39 is 12.0 Å². The van der Waals surface area contributed by atoms with Crippen LogP contribution < -0.4 is 11.1 Å². The topological polar surface area (TPSA) is 81.4 Å². The Bertz CT molecular complexity index is 1280. The van der Waals surface area contributed by atoms with Crippen molar-refractivity contribution in [1.82, 2.24) is 0 Å². The third kappa shape index (κ3) is 3.51. The van der Waals surface area contributed by atoms with Crippen LogP contribution in [0.1, 0.15) is 27.4 Å². The summed E-state index contributed by atoms with van der Waals surface area (Å²) in [4.78, 5) is 23.9. The van der Waals surface area contributed by atoms with Crippen LogP contribution in [0.2, 0.25) is 0 Å². The molecule has 31 heavy (non-hydrogen) atoms. The highest BCUT2D eigenvalue weighted by molar-refractivity contribution is 5.99. The Balaban J connectivity index is 1.32. The van der Waals surface area contributed by atoms with Gasteiger partial charge in [0, 0.05) is 17.2 Å². The smallest absolute Gasteiger partial charge is 0.411 e. The standard InChI is InChI=1S/C26H20N2O3/c27-25(29)17-10-9-16-11-12-19(14-18(16)13-17)28-26(30)31-15-24-22-7-3-1-5-20(22)21-6-2-4-8-23(21)24/h1-14,24H,15H2,(H2,27,29)(H,28,30). The summed E-state index contributed by atoms with van der Waals surface area (Å²) in [6.07, 6.45) is -0.521. The van der Waals surface area contributed by atoms with Gasteiger partial charge in [0.1, 0.15) is 6.61 Å². The molecular weight excluding hydrogens is 388 g/mol. The Labute approximate surface area is 179 Å². The van der Waals surface area contributed by atoms with Crippen LogP contribution in [0.5, 0.6) is 0 Å². The molecular formula is C26H20N2O3. The molecule has 3 N–H and O–H groups in total. The zero-order valence-electron chi connectivity index (χ0n) is 16.7. The van der Waals surface area contributed by atoms with E-state index in [0.29, 0.717) is 11.3 Å². The number of ether oxygens (including phenoxy) is 1. The number of anilines is 1. The maximum atomic E-state index is 12.5. The highest BCUT2D eigenvalue weighted by Crippen LogP contribution is 2.44. The van der Waals surface area contributed by atoms with E-state index >= 15 is 0 Å². The van der Waals surface area contributed by atoms with Gasteiger partial charge in [-0.05, 0) is 57.3 Å². The van der Waals surface area contributed by atoms with Gasteiger partial charge in [-0.3, -0.25) is 10.1 Å². The first kappa shape index (κ1) is 18.9. The number of primary amides is 1. The van der Waals surface area contributed by atoms with E-state index in [4.69, 9.17) is 10.5 Å². The Morgan fingerprint density at radius 2 is 1.45 bits per heavy atom. The van der Waals surface area contributed by atoms with Crippen LogP contribution >= 0.6 is 0 Å². The second-order valence-electron chi connectivity index (χ2n) is 7.59. The van der Waals surface area contributed by atoms with Gasteiger partial charge in [-0.1, -0.05) is 60.7 Å². The minimum atomic E-state index is -0.521. The molecule has 1 aliphatic carbocycles. The fourth-order valence-electron chi connectivity index (χ4n) is 4.23. The SMILES string of the molecule is NC(=O)c1ccc2ccc(NC(=O)OCC3c4ccccc4-c4ccccc43)cc2c1. The van der Waals surface area contributed by atoms with E-state index in [1.807, 2.05) is 36.4 Å².